The quantitative estimate of drug-likeness (QED) is 0.486. The first-order chi connectivity index (χ1) is 12.7. The zero-order chi connectivity index (χ0) is 20.3. The average Bonchev–Trinajstić information content (AvgIpc) is 2.59. The number of amides is 2. The van der Waals surface area contributed by atoms with Crippen LogP contribution in [-0.2, 0) is 14.3 Å². The SMILES string of the molecule is COC1=NC(C)=C(C(=O)OC(C)C)C(c2cccc([N+](=O)[O-])c2)N1C(N)=O. The van der Waals surface area contributed by atoms with Gasteiger partial charge in [-0.05, 0) is 26.3 Å². The summed E-state index contributed by atoms with van der Waals surface area (Å²) in [5.41, 5.74) is 5.88. The second-order valence-corrected chi connectivity index (χ2v) is 6.01. The Morgan fingerprint density at radius 2 is 2.04 bits per heavy atom. The van der Waals surface area contributed by atoms with Gasteiger partial charge in [0.05, 0.1) is 29.4 Å². The molecule has 144 valence electrons. The number of rotatable bonds is 4. The highest BCUT2D eigenvalue weighted by Gasteiger charge is 2.40. The third-order valence-electron chi connectivity index (χ3n) is 3.77. The van der Waals surface area contributed by atoms with Crippen LogP contribution in [0.15, 0.2) is 40.5 Å². The van der Waals surface area contributed by atoms with E-state index in [2.05, 4.69) is 4.99 Å². The molecule has 2 N–H and O–H groups in total. The normalized spacial score (nSPS) is 16.9. The van der Waals surface area contributed by atoms with E-state index in [9.17, 15) is 19.7 Å². The number of esters is 1. The largest absolute Gasteiger partial charge is 0.468 e. The van der Waals surface area contributed by atoms with Gasteiger partial charge in [0.2, 0.25) is 0 Å². The smallest absolute Gasteiger partial charge is 0.338 e. The Labute approximate surface area is 155 Å². The summed E-state index contributed by atoms with van der Waals surface area (Å²) in [6.07, 6.45) is -0.418. The van der Waals surface area contributed by atoms with Crippen molar-refractivity contribution in [2.24, 2.45) is 10.7 Å². The number of nitrogens with zero attached hydrogens (tertiary/aromatic N) is 3. The van der Waals surface area contributed by atoms with Crippen LogP contribution in [0.2, 0.25) is 0 Å². The lowest BCUT2D eigenvalue weighted by molar-refractivity contribution is -0.384. The molecule has 1 heterocycles. The molecule has 2 amide bonds. The van der Waals surface area contributed by atoms with Gasteiger partial charge < -0.3 is 15.2 Å². The monoisotopic (exact) mass is 376 g/mol. The molecule has 0 radical (unpaired) electrons. The van der Waals surface area contributed by atoms with E-state index in [0.717, 1.165) is 4.90 Å². The Hall–Kier alpha value is -3.43. The van der Waals surface area contributed by atoms with Crippen molar-refractivity contribution in [3.05, 3.63) is 51.2 Å². The van der Waals surface area contributed by atoms with E-state index in [4.69, 9.17) is 15.2 Å². The van der Waals surface area contributed by atoms with Crippen molar-refractivity contribution in [1.29, 1.82) is 0 Å². The molecule has 1 aliphatic heterocycles. The Morgan fingerprint density at radius 1 is 1.37 bits per heavy atom. The van der Waals surface area contributed by atoms with Crippen molar-refractivity contribution < 1.29 is 24.0 Å². The lowest BCUT2D eigenvalue weighted by Crippen LogP contribution is -2.47. The Bertz CT molecular complexity index is 846. The molecule has 0 aromatic heterocycles. The van der Waals surface area contributed by atoms with Crippen LogP contribution in [0.4, 0.5) is 10.5 Å². The summed E-state index contributed by atoms with van der Waals surface area (Å²) < 4.78 is 10.4. The first-order valence-corrected chi connectivity index (χ1v) is 8.04. The van der Waals surface area contributed by atoms with Crippen LogP contribution in [0.3, 0.4) is 0 Å². The highest BCUT2D eigenvalue weighted by molar-refractivity contribution is 6.00. The fraction of sp³-hybridized carbons (Fsp3) is 0.353. The molecule has 0 saturated carbocycles. The van der Waals surface area contributed by atoms with Crippen LogP contribution >= 0.6 is 0 Å². The minimum absolute atomic E-state index is 0.0452. The molecule has 0 aliphatic carbocycles. The van der Waals surface area contributed by atoms with Gasteiger partial charge >= 0.3 is 18.0 Å². The molecule has 0 fully saturated rings. The minimum atomic E-state index is -1.08. The third-order valence-corrected chi connectivity index (χ3v) is 3.77. The standard InChI is InChI=1S/C17H20N4O6/c1-9(2)27-15(22)13-10(3)19-17(26-4)20(16(18)23)14(13)11-6-5-7-12(8-11)21(24)25/h5-9,14H,1-4H3,(H2,18,23). The summed E-state index contributed by atoms with van der Waals surface area (Å²) in [6.45, 7) is 4.90. The molecule has 27 heavy (non-hydrogen) atoms. The van der Waals surface area contributed by atoms with Crippen molar-refractivity contribution in [2.45, 2.75) is 32.9 Å². The molecule has 0 spiro atoms. The van der Waals surface area contributed by atoms with Crippen LogP contribution in [0.1, 0.15) is 32.4 Å². The van der Waals surface area contributed by atoms with Crippen molar-refractivity contribution in [2.75, 3.05) is 7.11 Å². The number of non-ortho nitro benzene ring substituents is 1. The van der Waals surface area contributed by atoms with E-state index in [0.29, 0.717) is 5.56 Å². The summed E-state index contributed by atoms with van der Waals surface area (Å²) in [6, 6.07) is 3.41. The Balaban J connectivity index is 2.70. The fourth-order valence-electron chi connectivity index (χ4n) is 2.72. The van der Waals surface area contributed by atoms with Gasteiger partial charge in [0.15, 0.2) is 0 Å². The molecule has 0 saturated heterocycles. The maximum Gasteiger partial charge on any atom is 0.338 e. The van der Waals surface area contributed by atoms with Gasteiger partial charge in [-0.15, -0.1) is 0 Å². The van der Waals surface area contributed by atoms with Crippen molar-refractivity contribution in [3.8, 4) is 0 Å². The number of aliphatic imine (C=N–C) groups is 1. The number of carbonyl (C=O) groups excluding carboxylic acids is 2. The average molecular weight is 376 g/mol. The molecule has 1 aromatic rings. The summed E-state index contributed by atoms with van der Waals surface area (Å²) in [5, 5.41) is 11.1. The van der Waals surface area contributed by atoms with Crippen LogP contribution in [0.5, 0.6) is 0 Å². The number of methoxy groups -OCH3 is 1. The van der Waals surface area contributed by atoms with Gasteiger partial charge in [0.25, 0.3) is 5.69 Å². The maximum absolute atomic E-state index is 12.7. The molecule has 1 aromatic carbocycles. The Morgan fingerprint density at radius 3 is 2.56 bits per heavy atom. The number of nitrogens with two attached hydrogens (primary N) is 1. The zero-order valence-corrected chi connectivity index (χ0v) is 15.3. The Kier molecular flexibility index (Phi) is 5.78. The van der Waals surface area contributed by atoms with E-state index >= 15 is 0 Å². The number of ether oxygens (including phenoxy) is 2. The molecule has 10 heteroatoms. The third kappa shape index (κ3) is 4.05. The fourth-order valence-corrected chi connectivity index (χ4v) is 2.72. The first-order valence-electron chi connectivity index (χ1n) is 8.04. The van der Waals surface area contributed by atoms with E-state index in [1.54, 1.807) is 26.8 Å². The second kappa shape index (κ2) is 7.85. The van der Waals surface area contributed by atoms with Crippen LogP contribution in [-0.4, -0.2) is 41.1 Å². The van der Waals surface area contributed by atoms with Crippen LogP contribution in [0.25, 0.3) is 0 Å². The number of urea groups is 1. The molecule has 1 atom stereocenters. The van der Waals surface area contributed by atoms with Gasteiger partial charge in [-0.1, -0.05) is 12.1 Å². The number of nitro groups is 1. The van der Waals surface area contributed by atoms with E-state index in [1.165, 1.54) is 25.3 Å². The predicted molar refractivity (Wildman–Crippen MR) is 95.6 cm³/mol. The van der Waals surface area contributed by atoms with Crippen LogP contribution in [0, 0.1) is 10.1 Å². The lowest BCUT2D eigenvalue weighted by atomic mass is 9.94. The number of benzene rings is 1. The number of carbonyl (C=O) groups is 2. The molecular formula is C17H20N4O6. The summed E-state index contributed by atoms with van der Waals surface area (Å²) in [4.78, 5) is 40.4. The van der Waals surface area contributed by atoms with Gasteiger partial charge in [-0.25, -0.2) is 19.5 Å². The number of amidine groups is 1. The number of hydrogen-bond acceptors (Lipinski definition) is 7. The van der Waals surface area contributed by atoms with Gasteiger partial charge in [-0.3, -0.25) is 10.1 Å². The van der Waals surface area contributed by atoms with Crippen molar-refractivity contribution >= 4 is 23.7 Å². The van der Waals surface area contributed by atoms with Crippen molar-refractivity contribution in [3.63, 3.8) is 0 Å². The van der Waals surface area contributed by atoms with Gasteiger partial charge in [-0.2, -0.15) is 0 Å². The number of hydrogen-bond donors (Lipinski definition) is 1. The molecule has 1 aliphatic rings. The summed E-state index contributed by atoms with van der Waals surface area (Å²) >= 11 is 0. The molecular weight excluding hydrogens is 356 g/mol. The summed E-state index contributed by atoms with van der Waals surface area (Å²) in [7, 11) is 1.30. The molecule has 10 nitrogen and oxygen atoms in total. The highest BCUT2D eigenvalue weighted by atomic mass is 16.6. The predicted octanol–water partition coefficient (Wildman–Crippen LogP) is 2.26. The minimum Gasteiger partial charge on any atom is -0.468 e. The van der Waals surface area contributed by atoms with E-state index in [-0.39, 0.29) is 23.0 Å². The number of primary amides is 1. The second-order valence-electron chi connectivity index (χ2n) is 6.01. The van der Waals surface area contributed by atoms with Gasteiger partial charge in [0, 0.05) is 12.1 Å². The van der Waals surface area contributed by atoms with Crippen LogP contribution < -0.4 is 5.73 Å². The van der Waals surface area contributed by atoms with E-state index < -0.39 is 29.1 Å². The maximum atomic E-state index is 12.7. The highest BCUT2D eigenvalue weighted by Crippen LogP contribution is 2.37. The molecule has 0 bridgehead atoms. The van der Waals surface area contributed by atoms with Crippen molar-refractivity contribution in [1.82, 2.24) is 4.90 Å². The number of allylic oxidation sites excluding steroid dienone is 1. The molecule has 2 rings (SSSR count). The topological polar surface area (TPSA) is 137 Å². The summed E-state index contributed by atoms with van der Waals surface area (Å²) in [5.74, 6) is -0.704. The molecule has 1 unspecified atom stereocenters. The zero-order valence-electron chi connectivity index (χ0n) is 15.3. The first kappa shape index (κ1) is 19.9. The van der Waals surface area contributed by atoms with Gasteiger partial charge in [0.1, 0.15) is 6.04 Å². The number of nitro benzene ring substituents is 1. The van der Waals surface area contributed by atoms with E-state index in [1.807, 2.05) is 0 Å². The lowest BCUT2D eigenvalue weighted by Gasteiger charge is -2.34.